The van der Waals surface area contributed by atoms with Crippen LogP contribution in [0, 0.1) is 18.6 Å². The van der Waals surface area contributed by atoms with Crippen LogP contribution < -0.4 is 0 Å². The Morgan fingerprint density at radius 2 is 1.05 bits per heavy atom. The van der Waals surface area contributed by atoms with Gasteiger partial charge in [-0.15, -0.1) is 30.6 Å². The van der Waals surface area contributed by atoms with Crippen LogP contribution in [0.3, 0.4) is 0 Å². The van der Waals surface area contributed by atoms with Crippen molar-refractivity contribution in [3.05, 3.63) is 38.8 Å². The van der Waals surface area contributed by atoms with E-state index >= 15 is 8.78 Å². The molecule has 20 heteroatoms. The van der Waals surface area contributed by atoms with Gasteiger partial charge >= 0.3 is 12.4 Å². The topological polar surface area (TPSA) is 77.3 Å². The van der Waals surface area contributed by atoms with Gasteiger partial charge in [-0.3, -0.25) is 0 Å². The van der Waals surface area contributed by atoms with Gasteiger partial charge in [0.2, 0.25) is 10.0 Å². The first kappa shape index (κ1) is 28.1. The average Bonchev–Trinajstić information content (AvgIpc) is 3.55. The van der Waals surface area contributed by atoms with Crippen molar-refractivity contribution >= 4 is 75.4 Å². The molecule has 0 saturated heterocycles. The summed E-state index contributed by atoms with van der Waals surface area (Å²) in [5.41, 5.74) is -0.126. The van der Waals surface area contributed by atoms with Gasteiger partial charge in [-0.2, -0.15) is 26.3 Å². The highest BCUT2D eigenvalue weighted by Gasteiger charge is 2.37. The van der Waals surface area contributed by atoms with Gasteiger partial charge in [-0.25, -0.2) is 8.78 Å². The van der Waals surface area contributed by atoms with E-state index in [0.29, 0.717) is 16.8 Å². The zero-order chi connectivity index (χ0) is 27.1. The molecule has 1 aromatic carbocycles. The van der Waals surface area contributed by atoms with Crippen molar-refractivity contribution in [3.8, 4) is 0 Å². The summed E-state index contributed by atoms with van der Waals surface area (Å²) in [7, 11) is 0. The quantitative estimate of drug-likeness (QED) is 0.187. The lowest BCUT2D eigenvalue weighted by Gasteiger charge is -2.15. The number of aryl methyl sites for hydroxylation is 1. The van der Waals surface area contributed by atoms with Gasteiger partial charge < -0.3 is 0 Å². The maximum atomic E-state index is 15.7. The zero-order valence-corrected chi connectivity index (χ0v) is 22.3. The van der Waals surface area contributed by atoms with Crippen LogP contribution in [0.15, 0.2) is 34.3 Å². The molecule has 0 spiro atoms. The molecule has 3 aromatic heterocycles. The third kappa shape index (κ3) is 6.24. The lowest BCUT2D eigenvalue weighted by atomic mass is 10.2. The van der Waals surface area contributed by atoms with Gasteiger partial charge in [0.15, 0.2) is 24.7 Å². The van der Waals surface area contributed by atoms with Gasteiger partial charge in [-0.1, -0.05) is 82.0 Å². The number of aromatic nitrogens is 6. The van der Waals surface area contributed by atoms with Gasteiger partial charge in [0.25, 0.3) is 0 Å². The molecule has 0 unspecified atom stereocenters. The van der Waals surface area contributed by atoms with Crippen molar-refractivity contribution in [1.29, 1.82) is 0 Å². The summed E-state index contributed by atoms with van der Waals surface area (Å²) in [6.45, 7) is 5.19. The van der Waals surface area contributed by atoms with E-state index in [9.17, 15) is 26.3 Å². The Morgan fingerprint density at radius 1 is 0.649 bits per heavy atom. The summed E-state index contributed by atoms with van der Waals surface area (Å²) < 4.78 is 109. The van der Waals surface area contributed by atoms with Gasteiger partial charge in [0, 0.05) is 5.56 Å². The van der Waals surface area contributed by atoms with Crippen molar-refractivity contribution in [2.75, 3.05) is 0 Å². The van der Waals surface area contributed by atoms with E-state index in [1.54, 1.807) is 6.92 Å². The Bertz CT molecular complexity index is 1460. The Hall–Kier alpha value is -1.87. The standard InChI is InChI=1S/C17H6F8N6S6/c1-3-5-8(33-13-29-26-4(2)32-13)6(18)10(35-15-31-28-12(37-15)17(23,24)25)7(19)9(5)34-14-30-27-11(36-14)16(20,21)22/h3H,1H2,2H3. The SMILES string of the molecule is C=Cc1c(Sc2nnc(C)s2)c(F)c(Sc2nnc(C(F)(F)F)s2)c(F)c1Sc1nnc(C(F)(F)F)s1. The maximum Gasteiger partial charge on any atom is 0.445 e. The highest BCUT2D eigenvalue weighted by atomic mass is 32.2. The zero-order valence-electron chi connectivity index (χ0n) is 17.4. The molecule has 0 amide bonds. The maximum absolute atomic E-state index is 15.7. The van der Waals surface area contributed by atoms with Crippen LogP contribution in [0.4, 0.5) is 35.1 Å². The Balaban J connectivity index is 1.84. The molecule has 196 valence electrons. The molecule has 3 heterocycles. The first-order valence-corrected chi connectivity index (χ1v) is 14.0. The number of hydrogen-bond acceptors (Lipinski definition) is 12. The Labute approximate surface area is 226 Å². The number of alkyl halides is 6. The third-order valence-corrected chi connectivity index (χ3v) is 10.1. The minimum atomic E-state index is -4.81. The largest absolute Gasteiger partial charge is 0.445 e. The van der Waals surface area contributed by atoms with E-state index in [1.807, 2.05) is 0 Å². The first-order valence-electron chi connectivity index (χ1n) is 9.10. The molecular formula is C17H6F8N6S6. The van der Waals surface area contributed by atoms with E-state index in [2.05, 4.69) is 37.2 Å². The average molecular weight is 639 g/mol. The third-order valence-electron chi connectivity index (χ3n) is 3.86. The summed E-state index contributed by atoms with van der Waals surface area (Å²) in [6.07, 6.45) is -8.51. The molecule has 0 aliphatic rings. The number of nitrogens with zero attached hydrogens (tertiary/aromatic N) is 6. The van der Waals surface area contributed by atoms with E-state index < -0.39 is 43.2 Å². The van der Waals surface area contributed by atoms with Gasteiger partial charge in [0.05, 0.1) is 14.7 Å². The van der Waals surface area contributed by atoms with Gasteiger partial charge in [0.1, 0.15) is 5.01 Å². The van der Waals surface area contributed by atoms with Crippen molar-refractivity contribution in [2.45, 2.75) is 47.0 Å². The Morgan fingerprint density at radius 3 is 1.41 bits per heavy atom. The summed E-state index contributed by atoms with van der Waals surface area (Å²) >= 11 is 2.73. The molecule has 0 bridgehead atoms. The van der Waals surface area contributed by atoms with Crippen LogP contribution in [0.2, 0.25) is 0 Å². The summed E-state index contributed by atoms with van der Waals surface area (Å²) in [5, 5.41) is 18.4. The first-order chi connectivity index (χ1) is 17.3. The molecule has 0 fully saturated rings. The van der Waals surface area contributed by atoms with E-state index in [0.717, 1.165) is 29.2 Å². The Kier molecular flexibility index (Phi) is 8.15. The fourth-order valence-corrected chi connectivity index (χ4v) is 8.14. The predicted octanol–water partition coefficient (Wildman–Crippen LogP) is 7.96. The van der Waals surface area contributed by atoms with Crippen molar-refractivity contribution < 1.29 is 35.1 Å². The summed E-state index contributed by atoms with van der Waals surface area (Å²) in [5.74, 6) is -2.41. The molecule has 0 aliphatic carbocycles. The molecule has 0 aliphatic heterocycles. The number of benzene rings is 1. The summed E-state index contributed by atoms with van der Waals surface area (Å²) in [4.78, 5) is -1.34. The van der Waals surface area contributed by atoms with Crippen LogP contribution >= 0.6 is 69.3 Å². The van der Waals surface area contributed by atoms with Crippen molar-refractivity contribution in [2.24, 2.45) is 0 Å². The molecule has 0 radical (unpaired) electrons. The van der Waals surface area contributed by atoms with E-state index in [1.165, 1.54) is 0 Å². The number of rotatable bonds is 7. The molecule has 0 saturated carbocycles. The second-order valence-corrected chi connectivity index (χ2v) is 13.3. The molecule has 6 nitrogen and oxygen atoms in total. The second-order valence-electron chi connectivity index (χ2n) is 6.37. The molecule has 4 rings (SSSR count). The van der Waals surface area contributed by atoms with E-state index in [4.69, 9.17) is 0 Å². The van der Waals surface area contributed by atoms with Crippen molar-refractivity contribution in [3.63, 3.8) is 0 Å². The monoisotopic (exact) mass is 638 g/mol. The van der Waals surface area contributed by atoms with Crippen molar-refractivity contribution in [1.82, 2.24) is 30.6 Å². The highest BCUT2D eigenvalue weighted by Crippen LogP contribution is 2.49. The van der Waals surface area contributed by atoms with Crippen LogP contribution in [0.1, 0.15) is 20.6 Å². The fourth-order valence-electron chi connectivity index (χ4n) is 2.43. The number of halogens is 8. The van der Waals surface area contributed by atoms with Crippen LogP contribution in [0.25, 0.3) is 6.08 Å². The molecule has 4 aromatic rings. The smallest absolute Gasteiger partial charge is 0.204 e. The minimum Gasteiger partial charge on any atom is -0.204 e. The molecule has 37 heavy (non-hydrogen) atoms. The van der Waals surface area contributed by atoms with Gasteiger partial charge in [-0.05, 0) is 6.92 Å². The fraction of sp³-hybridized carbons (Fsp3) is 0.176. The van der Waals surface area contributed by atoms with Crippen LogP contribution in [0.5, 0.6) is 0 Å². The lowest BCUT2D eigenvalue weighted by Crippen LogP contribution is -2.03. The van der Waals surface area contributed by atoms with E-state index in [-0.39, 0.29) is 58.5 Å². The minimum absolute atomic E-state index is 0.0742. The summed E-state index contributed by atoms with van der Waals surface area (Å²) in [6, 6.07) is 0. The molecule has 0 atom stereocenters. The lowest BCUT2D eigenvalue weighted by molar-refractivity contribution is -0.138. The molecule has 0 N–H and O–H groups in total. The van der Waals surface area contributed by atoms with Crippen LogP contribution in [-0.2, 0) is 12.4 Å². The van der Waals surface area contributed by atoms with Crippen LogP contribution in [-0.4, -0.2) is 30.6 Å². The normalized spacial score (nSPS) is 12.4. The second kappa shape index (κ2) is 10.7. The molecular weight excluding hydrogens is 633 g/mol. The highest BCUT2D eigenvalue weighted by molar-refractivity contribution is 8.02. The number of hydrogen-bond donors (Lipinski definition) is 0. The predicted molar refractivity (Wildman–Crippen MR) is 123 cm³/mol.